The van der Waals surface area contributed by atoms with Gasteiger partial charge < -0.3 is 16.2 Å². The predicted molar refractivity (Wildman–Crippen MR) is 156 cm³/mol. The molecule has 16 heteroatoms. The SMILES string of the molecule is CC(C)n1nc(-c2cc(F)c(NS(=O)(=O)c3cc(OC(F)(F)F)ccc3Cl)cc2F)c2c(N)ncc(C3CCC(N)CC3)c21. The molecule has 2 heterocycles. The summed E-state index contributed by atoms with van der Waals surface area (Å²) in [5, 5.41) is 4.45. The van der Waals surface area contributed by atoms with Crippen molar-refractivity contribution in [1.29, 1.82) is 0 Å². The van der Waals surface area contributed by atoms with Crippen LogP contribution in [0.5, 0.6) is 5.75 Å². The van der Waals surface area contributed by atoms with Crippen LogP contribution in [0.3, 0.4) is 0 Å². The van der Waals surface area contributed by atoms with Crippen molar-refractivity contribution in [3.05, 3.63) is 58.7 Å². The molecule has 5 rings (SSSR count). The number of pyridine rings is 1. The van der Waals surface area contributed by atoms with Crippen molar-refractivity contribution in [3.63, 3.8) is 0 Å². The largest absolute Gasteiger partial charge is 0.573 e. The summed E-state index contributed by atoms with van der Waals surface area (Å²) in [7, 11) is -4.80. The molecule has 0 amide bonds. The number of anilines is 2. The van der Waals surface area contributed by atoms with Gasteiger partial charge in [0.25, 0.3) is 10.0 Å². The fraction of sp³-hybridized carbons (Fsp3) is 0.357. The van der Waals surface area contributed by atoms with Gasteiger partial charge >= 0.3 is 6.36 Å². The van der Waals surface area contributed by atoms with Gasteiger partial charge in [0.1, 0.15) is 33.8 Å². The molecule has 0 saturated heterocycles. The summed E-state index contributed by atoms with van der Waals surface area (Å²) in [5.74, 6) is -2.96. The molecule has 1 aliphatic carbocycles. The lowest BCUT2D eigenvalue weighted by Crippen LogP contribution is -2.26. The van der Waals surface area contributed by atoms with Crippen molar-refractivity contribution in [2.45, 2.75) is 68.8 Å². The van der Waals surface area contributed by atoms with Crippen LogP contribution >= 0.6 is 11.6 Å². The number of fused-ring (bicyclic) bond motifs is 1. The van der Waals surface area contributed by atoms with Crippen LogP contribution in [0.15, 0.2) is 41.4 Å². The molecule has 5 N–H and O–H groups in total. The van der Waals surface area contributed by atoms with Crippen LogP contribution in [0.4, 0.5) is 33.5 Å². The summed E-state index contributed by atoms with van der Waals surface area (Å²) in [4.78, 5) is 3.50. The van der Waals surface area contributed by atoms with Crippen LogP contribution in [0.2, 0.25) is 5.02 Å². The van der Waals surface area contributed by atoms with Crippen LogP contribution < -0.4 is 20.9 Å². The Bertz CT molecular complexity index is 1840. The number of hydrogen-bond donors (Lipinski definition) is 3. The van der Waals surface area contributed by atoms with Crippen molar-refractivity contribution < 1.29 is 35.1 Å². The molecule has 0 atom stereocenters. The van der Waals surface area contributed by atoms with Crippen LogP contribution in [0.25, 0.3) is 22.2 Å². The minimum absolute atomic E-state index is 0.0129. The third-order valence-electron chi connectivity index (χ3n) is 7.47. The van der Waals surface area contributed by atoms with E-state index >= 15 is 8.78 Å². The molecule has 2 aromatic carbocycles. The second-order valence-electron chi connectivity index (χ2n) is 10.9. The summed E-state index contributed by atoms with van der Waals surface area (Å²) in [5.41, 5.74) is 12.8. The Balaban J connectivity index is 1.56. The van der Waals surface area contributed by atoms with Gasteiger partial charge in [-0.2, -0.15) is 5.10 Å². The second kappa shape index (κ2) is 11.7. The van der Waals surface area contributed by atoms with Crippen LogP contribution in [-0.4, -0.2) is 35.6 Å². The molecule has 0 aliphatic heterocycles. The number of ether oxygens (including phenoxy) is 1. The Morgan fingerprint density at radius 1 is 1.09 bits per heavy atom. The van der Waals surface area contributed by atoms with Gasteiger partial charge in [0, 0.05) is 36.0 Å². The number of nitrogens with zero attached hydrogens (tertiary/aromatic N) is 3. The molecule has 44 heavy (non-hydrogen) atoms. The van der Waals surface area contributed by atoms with E-state index in [0.29, 0.717) is 23.0 Å². The van der Waals surface area contributed by atoms with E-state index in [4.69, 9.17) is 23.1 Å². The number of alkyl halides is 3. The number of sulfonamides is 1. The lowest BCUT2D eigenvalue weighted by atomic mass is 9.82. The Kier molecular flexibility index (Phi) is 8.42. The Labute approximate surface area is 254 Å². The van der Waals surface area contributed by atoms with Gasteiger partial charge in [0.05, 0.1) is 21.6 Å². The molecule has 236 valence electrons. The minimum atomic E-state index is -5.11. The summed E-state index contributed by atoms with van der Waals surface area (Å²) < 4.78 is 102. The van der Waals surface area contributed by atoms with E-state index in [2.05, 4.69) is 14.8 Å². The lowest BCUT2D eigenvalue weighted by molar-refractivity contribution is -0.274. The molecular formula is C28H28ClF5N6O3S. The topological polar surface area (TPSA) is 138 Å². The second-order valence-corrected chi connectivity index (χ2v) is 12.9. The first-order valence-corrected chi connectivity index (χ1v) is 15.4. The molecule has 0 spiro atoms. The fourth-order valence-corrected chi connectivity index (χ4v) is 6.98. The first kappa shape index (κ1) is 31.7. The Morgan fingerprint density at radius 3 is 2.41 bits per heavy atom. The molecule has 1 saturated carbocycles. The van der Waals surface area contributed by atoms with Gasteiger partial charge in [-0.15, -0.1) is 13.2 Å². The van der Waals surface area contributed by atoms with Gasteiger partial charge in [-0.1, -0.05) is 11.6 Å². The minimum Gasteiger partial charge on any atom is -0.406 e. The van der Waals surface area contributed by atoms with Gasteiger partial charge in [0.2, 0.25) is 0 Å². The van der Waals surface area contributed by atoms with Crippen molar-refractivity contribution >= 4 is 44.0 Å². The van der Waals surface area contributed by atoms with E-state index in [1.165, 1.54) is 0 Å². The van der Waals surface area contributed by atoms with Crippen molar-refractivity contribution in [2.24, 2.45) is 5.73 Å². The molecular weight excluding hydrogens is 631 g/mol. The molecule has 9 nitrogen and oxygen atoms in total. The maximum Gasteiger partial charge on any atom is 0.573 e. The lowest BCUT2D eigenvalue weighted by Gasteiger charge is -2.27. The van der Waals surface area contributed by atoms with E-state index in [9.17, 15) is 21.6 Å². The smallest absolute Gasteiger partial charge is 0.406 e. The van der Waals surface area contributed by atoms with E-state index < -0.39 is 49.4 Å². The Morgan fingerprint density at radius 2 is 1.77 bits per heavy atom. The van der Waals surface area contributed by atoms with Gasteiger partial charge in [-0.05, 0) is 69.2 Å². The summed E-state index contributed by atoms with van der Waals surface area (Å²) in [6, 6.07) is 3.45. The highest BCUT2D eigenvalue weighted by atomic mass is 35.5. The van der Waals surface area contributed by atoms with Crippen LogP contribution in [-0.2, 0) is 10.0 Å². The van der Waals surface area contributed by atoms with E-state index in [1.54, 1.807) is 10.9 Å². The van der Waals surface area contributed by atoms with Gasteiger partial charge in [-0.3, -0.25) is 9.40 Å². The monoisotopic (exact) mass is 658 g/mol. The molecule has 0 radical (unpaired) electrons. The zero-order valence-corrected chi connectivity index (χ0v) is 25.0. The molecule has 0 bridgehead atoms. The summed E-state index contributed by atoms with van der Waals surface area (Å²) in [6.45, 7) is 3.75. The number of nitrogens with one attached hydrogen (secondary N) is 1. The molecule has 0 unspecified atom stereocenters. The normalized spacial score (nSPS) is 17.8. The first-order chi connectivity index (χ1) is 20.6. The maximum atomic E-state index is 15.7. The summed E-state index contributed by atoms with van der Waals surface area (Å²) >= 11 is 5.91. The third kappa shape index (κ3) is 6.26. The number of hydrogen-bond acceptors (Lipinski definition) is 7. The number of benzene rings is 2. The third-order valence-corrected chi connectivity index (χ3v) is 9.31. The number of nitrogens with two attached hydrogens (primary N) is 2. The van der Waals surface area contributed by atoms with Crippen molar-refractivity contribution in [3.8, 4) is 17.0 Å². The Hall–Kier alpha value is -3.69. The van der Waals surface area contributed by atoms with Crippen LogP contribution in [0.1, 0.15) is 57.1 Å². The standard InChI is InChI=1S/C28H28ClF5N6O3S/c1-13(2)40-26-18(14-3-5-15(35)6-4-14)12-37-27(36)24(26)25(38-40)17-10-21(31)22(11-20(17)30)39-44(41,42)23-9-16(7-8-19(23)29)43-28(32,33)34/h7-15,39H,3-6,35H2,1-2H3,(H2,36,37). The summed E-state index contributed by atoms with van der Waals surface area (Å²) in [6.07, 6.45) is -0.161. The zero-order chi connectivity index (χ0) is 32.1. The highest BCUT2D eigenvalue weighted by Crippen LogP contribution is 2.42. The highest BCUT2D eigenvalue weighted by molar-refractivity contribution is 7.92. The van der Waals surface area contributed by atoms with Crippen molar-refractivity contribution in [1.82, 2.24) is 14.8 Å². The zero-order valence-electron chi connectivity index (χ0n) is 23.4. The quantitative estimate of drug-likeness (QED) is 0.184. The van der Waals surface area contributed by atoms with Gasteiger partial charge in [0.15, 0.2) is 0 Å². The molecule has 4 aromatic rings. The van der Waals surface area contributed by atoms with E-state index in [-0.39, 0.29) is 35.1 Å². The van der Waals surface area contributed by atoms with E-state index in [0.717, 1.165) is 49.4 Å². The molecule has 1 fully saturated rings. The average molecular weight is 659 g/mol. The molecule has 1 aliphatic rings. The maximum absolute atomic E-state index is 15.7. The number of nitrogen functional groups attached to an aromatic ring is 1. The van der Waals surface area contributed by atoms with Crippen LogP contribution in [0, 0.1) is 11.6 Å². The fourth-order valence-electron chi connectivity index (χ4n) is 5.40. The molecule has 2 aromatic heterocycles. The highest BCUT2D eigenvalue weighted by Gasteiger charge is 2.33. The van der Waals surface area contributed by atoms with Gasteiger partial charge in [-0.25, -0.2) is 22.2 Å². The predicted octanol–water partition coefficient (Wildman–Crippen LogP) is 6.88. The number of aromatic nitrogens is 3. The average Bonchev–Trinajstić information content (AvgIpc) is 3.33. The number of rotatable bonds is 7. The first-order valence-electron chi connectivity index (χ1n) is 13.6. The van der Waals surface area contributed by atoms with Crippen molar-refractivity contribution in [2.75, 3.05) is 10.5 Å². The number of halogens is 6. The van der Waals surface area contributed by atoms with E-state index in [1.807, 2.05) is 18.6 Å².